The number of hydrogen-bond donors (Lipinski definition) is 0. The molecule has 0 saturated heterocycles. The first-order valence-corrected chi connectivity index (χ1v) is 12.1. The predicted octanol–water partition coefficient (Wildman–Crippen LogP) is 4.81. The van der Waals surface area contributed by atoms with Crippen LogP contribution in [0.4, 0.5) is 0 Å². The third-order valence-electron chi connectivity index (χ3n) is 6.70. The Morgan fingerprint density at radius 2 is 1.71 bits per heavy atom. The van der Waals surface area contributed by atoms with Crippen molar-refractivity contribution in [1.82, 2.24) is 4.90 Å². The lowest BCUT2D eigenvalue weighted by atomic mass is 9.71. The number of Topliss-reactive ketones (excluding diaryl/α,β-unsaturated/α-hetero) is 2. The van der Waals surface area contributed by atoms with E-state index in [9.17, 15) is 9.59 Å². The molecule has 0 N–H and O–H groups in total. The SMILES string of the molecule is C#CCOc1c(Cl)cc(C2C3=C(CCCC3=O)N(CCCOC)C3=C2C(=O)CCC3)cc1OC. The third kappa shape index (κ3) is 4.47. The molecule has 0 saturated carbocycles. The lowest BCUT2D eigenvalue weighted by Gasteiger charge is -2.44. The minimum absolute atomic E-state index is 0.0524. The molecule has 7 heteroatoms. The maximum absolute atomic E-state index is 13.4. The molecule has 0 bridgehead atoms. The average Bonchev–Trinajstić information content (AvgIpc) is 2.83. The van der Waals surface area contributed by atoms with Crippen molar-refractivity contribution in [2.75, 3.05) is 34.0 Å². The molecule has 1 aromatic rings. The largest absolute Gasteiger partial charge is 0.493 e. The number of hydrogen-bond acceptors (Lipinski definition) is 6. The Morgan fingerprint density at radius 3 is 2.26 bits per heavy atom. The van der Waals surface area contributed by atoms with E-state index >= 15 is 0 Å². The van der Waals surface area contributed by atoms with Gasteiger partial charge in [0.2, 0.25) is 0 Å². The molecule has 1 aromatic carbocycles. The molecule has 6 nitrogen and oxygen atoms in total. The number of halogens is 1. The Labute approximate surface area is 205 Å². The molecule has 0 aromatic heterocycles. The van der Waals surface area contributed by atoms with Crippen LogP contribution in [0, 0.1) is 12.3 Å². The molecule has 3 aliphatic rings. The molecule has 0 fully saturated rings. The molecule has 1 heterocycles. The van der Waals surface area contributed by atoms with E-state index in [0.717, 1.165) is 55.6 Å². The van der Waals surface area contributed by atoms with E-state index in [-0.39, 0.29) is 18.2 Å². The molecule has 180 valence electrons. The van der Waals surface area contributed by atoms with Crippen molar-refractivity contribution >= 4 is 23.2 Å². The van der Waals surface area contributed by atoms with Gasteiger partial charge in [-0.3, -0.25) is 9.59 Å². The molecule has 0 amide bonds. The summed E-state index contributed by atoms with van der Waals surface area (Å²) in [5, 5.41) is 0.336. The fourth-order valence-electron chi connectivity index (χ4n) is 5.35. The number of terminal acetylenes is 1. The fourth-order valence-corrected chi connectivity index (χ4v) is 5.62. The third-order valence-corrected chi connectivity index (χ3v) is 6.98. The summed E-state index contributed by atoms with van der Waals surface area (Å²) in [4.78, 5) is 29.0. The molecule has 4 rings (SSSR count). The Morgan fingerprint density at radius 1 is 1.06 bits per heavy atom. The molecule has 0 unspecified atom stereocenters. The van der Waals surface area contributed by atoms with E-state index in [1.54, 1.807) is 13.2 Å². The zero-order valence-corrected chi connectivity index (χ0v) is 20.5. The molecule has 0 radical (unpaired) electrons. The van der Waals surface area contributed by atoms with Crippen LogP contribution in [0.1, 0.15) is 56.4 Å². The zero-order chi connectivity index (χ0) is 24.2. The number of carbonyl (C=O) groups excluding carboxylic acids is 2. The Bertz CT molecular complexity index is 1050. The van der Waals surface area contributed by atoms with Crippen LogP contribution >= 0.6 is 11.6 Å². The standard InChI is InChI=1S/C27H30ClNO5/c1-4-13-34-27-18(28)15-17(16-23(27)33-3)24-25-19(8-5-10-21(25)30)29(12-7-14-32-2)20-9-6-11-22(31)26(20)24/h1,15-16,24H,5-14H2,2-3H3. The summed E-state index contributed by atoms with van der Waals surface area (Å²) in [5.74, 6) is 2.94. The van der Waals surface area contributed by atoms with Gasteiger partial charge in [0.15, 0.2) is 23.1 Å². The monoisotopic (exact) mass is 483 g/mol. The highest BCUT2D eigenvalue weighted by Gasteiger charge is 2.43. The number of nitrogens with zero attached hydrogens (tertiary/aromatic N) is 1. The second-order valence-electron chi connectivity index (χ2n) is 8.73. The first-order chi connectivity index (χ1) is 16.5. The summed E-state index contributed by atoms with van der Waals surface area (Å²) >= 11 is 6.60. The highest BCUT2D eigenvalue weighted by molar-refractivity contribution is 6.32. The van der Waals surface area contributed by atoms with Crippen molar-refractivity contribution in [2.45, 2.75) is 50.9 Å². The normalized spacial score (nSPS) is 18.6. The Hall–Kier alpha value is -2.75. The quantitative estimate of drug-likeness (QED) is 0.390. The Balaban J connectivity index is 1.88. The maximum atomic E-state index is 13.4. The summed E-state index contributed by atoms with van der Waals surface area (Å²) in [5.41, 5.74) is 4.26. The van der Waals surface area contributed by atoms with Crippen molar-refractivity contribution in [3.63, 3.8) is 0 Å². The van der Waals surface area contributed by atoms with Gasteiger partial charge in [-0.25, -0.2) is 0 Å². The number of ether oxygens (including phenoxy) is 3. The number of ketones is 2. The minimum Gasteiger partial charge on any atom is -0.493 e. The lowest BCUT2D eigenvalue weighted by molar-refractivity contribution is -0.117. The molecular formula is C27H30ClNO5. The molecule has 34 heavy (non-hydrogen) atoms. The van der Waals surface area contributed by atoms with Crippen LogP contribution in [0.25, 0.3) is 0 Å². The summed E-state index contributed by atoms with van der Waals surface area (Å²) in [6.45, 7) is 1.40. The van der Waals surface area contributed by atoms with E-state index in [1.807, 2.05) is 6.07 Å². The molecule has 1 aliphatic heterocycles. The van der Waals surface area contributed by atoms with Gasteiger partial charge >= 0.3 is 0 Å². The van der Waals surface area contributed by atoms with Crippen LogP contribution in [0.5, 0.6) is 11.5 Å². The number of rotatable bonds is 8. The van der Waals surface area contributed by atoms with Gasteiger partial charge in [0.25, 0.3) is 0 Å². The number of carbonyl (C=O) groups is 2. The molecule has 0 atom stereocenters. The van der Waals surface area contributed by atoms with Crippen LogP contribution in [0.3, 0.4) is 0 Å². The van der Waals surface area contributed by atoms with Gasteiger partial charge in [-0.15, -0.1) is 6.42 Å². The van der Waals surface area contributed by atoms with Crippen LogP contribution in [0.2, 0.25) is 5.02 Å². The van der Waals surface area contributed by atoms with Crippen molar-refractivity contribution in [3.05, 3.63) is 45.3 Å². The van der Waals surface area contributed by atoms with Crippen molar-refractivity contribution < 1.29 is 23.8 Å². The van der Waals surface area contributed by atoms with Gasteiger partial charge in [0, 0.05) is 61.6 Å². The first-order valence-electron chi connectivity index (χ1n) is 11.7. The smallest absolute Gasteiger partial charge is 0.181 e. The number of benzene rings is 1. The number of allylic oxidation sites excluding steroid dienone is 4. The summed E-state index contributed by atoms with van der Waals surface area (Å²) in [7, 11) is 3.22. The Kier molecular flexibility index (Phi) is 7.65. The first kappa shape index (κ1) is 24.4. The number of methoxy groups -OCH3 is 2. The van der Waals surface area contributed by atoms with Gasteiger partial charge in [0.1, 0.15) is 6.61 Å². The van der Waals surface area contributed by atoms with Gasteiger partial charge in [-0.05, 0) is 49.8 Å². The van der Waals surface area contributed by atoms with Crippen molar-refractivity contribution in [2.24, 2.45) is 0 Å². The molecule has 2 aliphatic carbocycles. The second kappa shape index (κ2) is 10.7. The lowest BCUT2D eigenvalue weighted by Crippen LogP contribution is -2.39. The van der Waals surface area contributed by atoms with Crippen molar-refractivity contribution in [3.8, 4) is 23.8 Å². The fraction of sp³-hybridized carbons (Fsp3) is 0.481. The zero-order valence-electron chi connectivity index (χ0n) is 19.7. The average molecular weight is 484 g/mol. The molecule has 0 spiro atoms. The van der Waals surface area contributed by atoms with Gasteiger partial charge in [-0.1, -0.05) is 17.5 Å². The van der Waals surface area contributed by atoms with Gasteiger partial charge < -0.3 is 19.1 Å². The van der Waals surface area contributed by atoms with E-state index in [0.29, 0.717) is 47.1 Å². The summed E-state index contributed by atoms with van der Waals surface area (Å²) in [6.07, 6.45) is 10.4. The molecular weight excluding hydrogens is 454 g/mol. The van der Waals surface area contributed by atoms with Crippen LogP contribution in [-0.4, -0.2) is 50.4 Å². The van der Waals surface area contributed by atoms with Crippen molar-refractivity contribution in [1.29, 1.82) is 0 Å². The minimum atomic E-state index is -0.461. The summed E-state index contributed by atoms with van der Waals surface area (Å²) < 4.78 is 16.4. The van der Waals surface area contributed by atoms with E-state index in [1.165, 1.54) is 7.11 Å². The van der Waals surface area contributed by atoms with Crippen LogP contribution < -0.4 is 9.47 Å². The van der Waals surface area contributed by atoms with E-state index in [4.69, 9.17) is 32.2 Å². The summed E-state index contributed by atoms with van der Waals surface area (Å²) in [6, 6.07) is 3.60. The maximum Gasteiger partial charge on any atom is 0.181 e. The van der Waals surface area contributed by atoms with E-state index < -0.39 is 5.92 Å². The second-order valence-corrected chi connectivity index (χ2v) is 9.14. The highest BCUT2D eigenvalue weighted by Crippen LogP contribution is 2.51. The van der Waals surface area contributed by atoms with Gasteiger partial charge in [0.05, 0.1) is 12.1 Å². The topological polar surface area (TPSA) is 65.1 Å². The predicted molar refractivity (Wildman–Crippen MR) is 130 cm³/mol. The van der Waals surface area contributed by atoms with Crippen LogP contribution in [-0.2, 0) is 14.3 Å². The van der Waals surface area contributed by atoms with E-state index in [2.05, 4.69) is 10.8 Å². The highest BCUT2D eigenvalue weighted by atomic mass is 35.5. The van der Waals surface area contributed by atoms with Gasteiger partial charge in [-0.2, -0.15) is 0 Å². The van der Waals surface area contributed by atoms with Crippen LogP contribution in [0.15, 0.2) is 34.7 Å².